The number of amides is 1. The summed E-state index contributed by atoms with van der Waals surface area (Å²) in [5.74, 6) is -0.410. The molecule has 0 saturated heterocycles. The van der Waals surface area contributed by atoms with Crippen LogP contribution < -0.4 is 10.1 Å². The molecule has 2 rings (SSSR count). The molecular weight excluding hydrogens is 435 g/mol. The predicted octanol–water partition coefficient (Wildman–Crippen LogP) is 4.18. The number of carbonyl (C=O) groups excluding carboxylic acids is 1. The van der Waals surface area contributed by atoms with Crippen molar-refractivity contribution in [2.24, 2.45) is 0 Å². The Bertz CT molecular complexity index is 767. The topological polar surface area (TPSA) is 81.5 Å². The average molecular weight is 447 g/mol. The fourth-order valence-electron chi connectivity index (χ4n) is 1.85. The van der Waals surface area contributed by atoms with E-state index >= 15 is 0 Å². The van der Waals surface area contributed by atoms with Gasteiger partial charge in [0.15, 0.2) is 12.4 Å². The molecule has 1 amide bonds. The van der Waals surface area contributed by atoms with Gasteiger partial charge in [0.05, 0.1) is 4.92 Å². The molecule has 2 aromatic carbocycles. The first kappa shape index (κ1) is 17.5. The highest BCUT2D eigenvalue weighted by Crippen LogP contribution is 2.29. The van der Waals surface area contributed by atoms with Crippen molar-refractivity contribution >= 4 is 51.5 Å². The molecule has 0 aliphatic carbocycles. The van der Waals surface area contributed by atoms with Crippen LogP contribution in [0.2, 0.25) is 5.02 Å². The van der Waals surface area contributed by atoms with E-state index in [2.05, 4.69) is 27.9 Å². The quantitative estimate of drug-likeness (QED) is 0.424. The molecule has 0 aliphatic rings. The van der Waals surface area contributed by atoms with Crippen molar-refractivity contribution in [1.29, 1.82) is 0 Å². The molecule has 0 aromatic heterocycles. The van der Waals surface area contributed by atoms with Gasteiger partial charge in [-0.2, -0.15) is 0 Å². The SMILES string of the molecule is Cc1cc(I)ccc1NC(=O)COc1ccc(Cl)cc1[N+](=O)[O-]. The number of anilines is 1. The summed E-state index contributed by atoms with van der Waals surface area (Å²) in [6, 6.07) is 9.60. The molecule has 6 nitrogen and oxygen atoms in total. The van der Waals surface area contributed by atoms with Crippen LogP contribution in [0, 0.1) is 20.6 Å². The number of hydrogen-bond acceptors (Lipinski definition) is 4. The molecule has 23 heavy (non-hydrogen) atoms. The molecular formula is C15H12ClIN2O4. The number of nitrogens with one attached hydrogen (secondary N) is 1. The molecule has 0 saturated carbocycles. The third kappa shape index (κ3) is 4.80. The zero-order valence-corrected chi connectivity index (χ0v) is 14.9. The van der Waals surface area contributed by atoms with Crippen molar-refractivity contribution in [3.8, 4) is 5.75 Å². The third-order valence-corrected chi connectivity index (χ3v) is 3.85. The van der Waals surface area contributed by atoms with Gasteiger partial charge < -0.3 is 10.1 Å². The number of benzene rings is 2. The zero-order valence-electron chi connectivity index (χ0n) is 12.0. The van der Waals surface area contributed by atoms with Crippen molar-refractivity contribution < 1.29 is 14.5 Å². The van der Waals surface area contributed by atoms with Crippen molar-refractivity contribution in [1.82, 2.24) is 0 Å². The summed E-state index contributed by atoms with van der Waals surface area (Å²) in [5, 5.41) is 13.9. The Morgan fingerprint density at radius 2 is 2.09 bits per heavy atom. The van der Waals surface area contributed by atoms with Gasteiger partial charge >= 0.3 is 5.69 Å². The van der Waals surface area contributed by atoms with Gasteiger partial charge in [0.25, 0.3) is 5.91 Å². The minimum atomic E-state index is -0.609. The lowest BCUT2D eigenvalue weighted by Gasteiger charge is -2.10. The highest BCUT2D eigenvalue weighted by atomic mass is 127. The van der Waals surface area contributed by atoms with Crippen molar-refractivity contribution in [2.45, 2.75) is 6.92 Å². The number of nitro groups is 1. The highest BCUT2D eigenvalue weighted by molar-refractivity contribution is 14.1. The van der Waals surface area contributed by atoms with E-state index in [0.29, 0.717) is 5.69 Å². The maximum Gasteiger partial charge on any atom is 0.312 e. The van der Waals surface area contributed by atoms with E-state index in [9.17, 15) is 14.9 Å². The van der Waals surface area contributed by atoms with Gasteiger partial charge in [-0.1, -0.05) is 11.6 Å². The fraction of sp³-hybridized carbons (Fsp3) is 0.133. The number of aryl methyl sites for hydroxylation is 1. The van der Waals surface area contributed by atoms with Gasteiger partial charge in [0.1, 0.15) is 0 Å². The van der Waals surface area contributed by atoms with Gasteiger partial charge in [-0.3, -0.25) is 14.9 Å². The van der Waals surface area contributed by atoms with E-state index in [0.717, 1.165) is 9.13 Å². The summed E-state index contributed by atoms with van der Waals surface area (Å²) < 4.78 is 6.30. The van der Waals surface area contributed by atoms with E-state index < -0.39 is 10.8 Å². The lowest BCUT2D eigenvalue weighted by molar-refractivity contribution is -0.385. The summed E-state index contributed by atoms with van der Waals surface area (Å²) in [4.78, 5) is 22.3. The van der Waals surface area contributed by atoms with E-state index in [1.54, 1.807) is 6.07 Å². The lowest BCUT2D eigenvalue weighted by Crippen LogP contribution is -2.21. The van der Waals surface area contributed by atoms with Crippen LogP contribution >= 0.6 is 34.2 Å². The predicted molar refractivity (Wildman–Crippen MR) is 96.1 cm³/mol. The minimum Gasteiger partial charge on any atom is -0.477 e. The van der Waals surface area contributed by atoms with Gasteiger partial charge in [-0.05, 0) is 65.4 Å². The first-order valence-corrected chi connectivity index (χ1v) is 7.95. The highest BCUT2D eigenvalue weighted by Gasteiger charge is 2.17. The average Bonchev–Trinajstić information content (AvgIpc) is 2.48. The maximum atomic E-state index is 11.9. The molecule has 0 fully saturated rings. The van der Waals surface area contributed by atoms with Crippen LogP contribution in [-0.2, 0) is 4.79 Å². The van der Waals surface area contributed by atoms with E-state index in [4.69, 9.17) is 16.3 Å². The van der Waals surface area contributed by atoms with Gasteiger partial charge in [0, 0.05) is 20.3 Å². The molecule has 0 radical (unpaired) electrons. The maximum absolute atomic E-state index is 11.9. The fourth-order valence-corrected chi connectivity index (χ4v) is 2.67. The molecule has 0 bridgehead atoms. The molecule has 0 aliphatic heterocycles. The number of hydrogen-bond donors (Lipinski definition) is 1. The second-order valence-corrected chi connectivity index (χ2v) is 6.35. The Morgan fingerprint density at radius 3 is 2.74 bits per heavy atom. The molecule has 1 N–H and O–H groups in total. The van der Waals surface area contributed by atoms with Crippen LogP contribution in [0.1, 0.15) is 5.56 Å². The van der Waals surface area contributed by atoms with Crippen LogP contribution in [-0.4, -0.2) is 17.4 Å². The summed E-state index contributed by atoms with van der Waals surface area (Å²) in [5.41, 5.74) is 1.31. The minimum absolute atomic E-state index is 0.00566. The molecule has 0 unspecified atom stereocenters. The van der Waals surface area contributed by atoms with E-state index in [1.807, 2.05) is 19.1 Å². The zero-order chi connectivity index (χ0) is 17.0. The van der Waals surface area contributed by atoms with Crippen molar-refractivity contribution in [3.63, 3.8) is 0 Å². The number of ether oxygens (including phenoxy) is 1. The largest absolute Gasteiger partial charge is 0.477 e. The molecule has 0 spiro atoms. The van der Waals surface area contributed by atoms with Gasteiger partial charge in [-0.15, -0.1) is 0 Å². The van der Waals surface area contributed by atoms with E-state index in [1.165, 1.54) is 18.2 Å². The second-order valence-electron chi connectivity index (χ2n) is 4.67. The monoisotopic (exact) mass is 446 g/mol. The van der Waals surface area contributed by atoms with Crippen LogP contribution in [0.4, 0.5) is 11.4 Å². The molecule has 0 atom stereocenters. The Balaban J connectivity index is 2.03. The van der Waals surface area contributed by atoms with Crippen LogP contribution in [0.15, 0.2) is 36.4 Å². The van der Waals surface area contributed by atoms with Crippen LogP contribution in [0.25, 0.3) is 0 Å². The number of halogens is 2. The van der Waals surface area contributed by atoms with Gasteiger partial charge in [-0.25, -0.2) is 0 Å². The van der Waals surface area contributed by atoms with Crippen molar-refractivity contribution in [3.05, 3.63) is 60.7 Å². The Morgan fingerprint density at radius 1 is 1.35 bits per heavy atom. The van der Waals surface area contributed by atoms with Gasteiger partial charge in [0.2, 0.25) is 0 Å². The Kier molecular flexibility index (Phi) is 5.78. The lowest BCUT2D eigenvalue weighted by atomic mass is 10.2. The number of nitro benzene ring substituents is 1. The number of rotatable bonds is 5. The number of nitrogens with zero attached hydrogens (tertiary/aromatic N) is 1. The smallest absolute Gasteiger partial charge is 0.312 e. The van der Waals surface area contributed by atoms with E-state index in [-0.39, 0.29) is 23.1 Å². The summed E-state index contributed by atoms with van der Waals surface area (Å²) >= 11 is 7.90. The molecule has 2 aromatic rings. The van der Waals surface area contributed by atoms with Crippen LogP contribution in [0.5, 0.6) is 5.75 Å². The third-order valence-electron chi connectivity index (χ3n) is 2.94. The number of carbonyl (C=O) groups is 1. The Labute approximate surface area is 151 Å². The summed E-state index contributed by atoms with van der Waals surface area (Å²) in [7, 11) is 0. The second kappa shape index (κ2) is 7.60. The Hall–Kier alpha value is -1.87. The first-order valence-electron chi connectivity index (χ1n) is 6.49. The normalized spacial score (nSPS) is 10.2. The first-order chi connectivity index (χ1) is 10.9. The molecule has 0 heterocycles. The standard InChI is InChI=1S/C15H12ClIN2O4/c1-9-6-11(17)3-4-12(9)18-15(20)8-23-14-5-2-10(16)7-13(14)19(21)22/h2-7H,8H2,1H3,(H,18,20). The van der Waals surface area contributed by atoms with Crippen molar-refractivity contribution in [2.75, 3.05) is 11.9 Å². The molecule has 120 valence electrons. The van der Waals surface area contributed by atoms with Crippen LogP contribution in [0.3, 0.4) is 0 Å². The summed E-state index contributed by atoms with van der Waals surface area (Å²) in [6.45, 7) is 1.54. The summed E-state index contributed by atoms with van der Waals surface area (Å²) in [6.07, 6.45) is 0. The molecule has 8 heteroatoms.